The Morgan fingerprint density at radius 3 is 2.80 bits per heavy atom. The van der Waals surface area contributed by atoms with Gasteiger partial charge in [-0.2, -0.15) is 13.2 Å². The number of hydrogen-bond acceptors (Lipinski definition) is 4. The number of likely N-dealkylation sites (tertiary alicyclic amines) is 1. The van der Waals surface area contributed by atoms with Crippen LogP contribution in [0.25, 0.3) is 5.65 Å². The van der Waals surface area contributed by atoms with Gasteiger partial charge in [-0.3, -0.25) is 9.30 Å². The number of hydrogen-bond donors (Lipinski definition) is 1. The molecule has 1 fully saturated rings. The Kier molecular flexibility index (Phi) is 3.14. The molecule has 2 N–H and O–H groups in total. The molecule has 1 aliphatic heterocycles. The van der Waals surface area contributed by atoms with Crippen molar-refractivity contribution in [1.82, 2.24) is 19.5 Å². The Morgan fingerprint density at radius 1 is 1.35 bits per heavy atom. The lowest BCUT2D eigenvalue weighted by Gasteiger charge is -2.29. The first-order valence-electron chi connectivity index (χ1n) is 6.31. The number of halogens is 3. The van der Waals surface area contributed by atoms with Crippen molar-refractivity contribution in [1.29, 1.82) is 0 Å². The molecule has 108 valence electrons. The van der Waals surface area contributed by atoms with Crippen LogP contribution in [-0.2, 0) is 0 Å². The highest BCUT2D eigenvalue weighted by molar-refractivity contribution is 5.38. The van der Waals surface area contributed by atoms with Crippen LogP contribution < -0.4 is 5.73 Å². The van der Waals surface area contributed by atoms with Gasteiger partial charge in [-0.15, -0.1) is 10.2 Å². The number of nitrogens with zero attached hydrogens (tertiary/aromatic N) is 4. The predicted octanol–water partition coefficient (Wildman–Crippen LogP) is 1.37. The van der Waals surface area contributed by atoms with Crippen molar-refractivity contribution in [2.24, 2.45) is 5.73 Å². The fourth-order valence-corrected chi connectivity index (χ4v) is 2.66. The summed E-state index contributed by atoms with van der Waals surface area (Å²) < 4.78 is 41.7. The lowest BCUT2D eigenvalue weighted by molar-refractivity contribution is -0.183. The number of rotatable bonds is 2. The normalized spacial score (nSPS) is 22.5. The number of nitrogens with two attached hydrogens (primary N) is 1. The average molecular weight is 285 g/mol. The van der Waals surface area contributed by atoms with Gasteiger partial charge in [-0.05, 0) is 18.1 Å². The van der Waals surface area contributed by atoms with Crippen LogP contribution in [0.4, 0.5) is 13.2 Å². The Bertz CT molecular complexity index is 608. The summed E-state index contributed by atoms with van der Waals surface area (Å²) in [5.74, 6) is 0. The van der Waals surface area contributed by atoms with Gasteiger partial charge >= 0.3 is 6.18 Å². The molecule has 5 nitrogen and oxygen atoms in total. The van der Waals surface area contributed by atoms with Gasteiger partial charge in [-0.1, -0.05) is 6.07 Å². The van der Waals surface area contributed by atoms with Crippen LogP contribution in [0.15, 0.2) is 24.7 Å². The maximum absolute atomic E-state index is 13.4. The van der Waals surface area contributed by atoms with E-state index in [1.165, 1.54) is 34.0 Å². The third-order valence-corrected chi connectivity index (χ3v) is 3.56. The van der Waals surface area contributed by atoms with Crippen molar-refractivity contribution >= 4 is 5.65 Å². The molecule has 0 saturated carbocycles. The molecule has 0 aliphatic carbocycles. The topological polar surface area (TPSA) is 59.5 Å². The third kappa shape index (κ3) is 2.36. The van der Waals surface area contributed by atoms with E-state index in [1.54, 1.807) is 0 Å². The zero-order chi connectivity index (χ0) is 14.3. The molecule has 0 spiro atoms. The molecule has 0 bridgehead atoms. The highest BCUT2D eigenvalue weighted by atomic mass is 19.4. The summed E-state index contributed by atoms with van der Waals surface area (Å²) in [6, 6.07) is 1.16. The molecule has 1 saturated heterocycles. The summed E-state index contributed by atoms with van der Waals surface area (Å²) in [7, 11) is 0. The van der Waals surface area contributed by atoms with Gasteiger partial charge < -0.3 is 5.73 Å². The monoisotopic (exact) mass is 285 g/mol. The molecule has 2 aromatic heterocycles. The molecular weight excluding hydrogens is 271 g/mol. The van der Waals surface area contributed by atoms with Gasteiger partial charge in [-0.25, -0.2) is 0 Å². The van der Waals surface area contributed by atoms with Crippen LogP contribution in [0, 0.1) is 0 Å². The van der Waals surface area contributed by atoms with Crippen molar-refractivity contribution in [3.63, 3.8) is 0 Å². The zero-order valence-corrected chi connectivity index (χ0v) is 10.6. The highest BCUT2D eigenvalue weighted by Crippen LogP contribution is 2.39. The van der Waals surface area contributed by atoms with E-state index in [4.69, 9.17) is 5.73 Å². The second-order valence-electron chi connectivity index (χ2n) is 5.05. The van der Waals surface area contributed by atoms with E-state index in [0.717, 1.165) is 0 Å². The lowest BCUT2D eigenvalue weighted by atomic mass is 10.1. The minimum atomic E-state index is -4.34. The molecule has 2 aromatic rings. The fourth-order valence-electron chi connectivity index (χ4n) is 2.66. The Hall–Kier alpha value is -1.67. The van der Waals surface area contributed by atoms with Gasteiger partial charge in [0.05, 0.1) is 0 Å². The molecule has 1 aliphatic rings. The standard InChI is InChI=1S/C12H14F3N5/c13-12(14,15)11(19-4-3-9(16)6-19)8-1-2-10-18-17-7-20(10)5-8/h1-2,5,7,9,11H,3-4,6,16H2/t9-,11+/m0/s1. The molecule has 3 heterocycles. The maximum Gasteiger partial charge on any atom is 0.408 e. The van der Waals surface area contributed by atoms with Crippen molar-refractivity contribution < 1.29 is 13.2 Å². The average Bonchev–Trinajstić information content (AvgIpc) is 2.96. The van der Waals surface area contributed by atoms with Crippen LogP contribution in [0.1, 0.15) is 18.0 Å². The molecule has 0 radical (unpaired) electrons. The predicted molar refractivity (Wildman–Crippen MR) is 65.9 cm³/mol. The van der Waals surface area contributed by atoms with Crippen molar-refractivity contribution in [3.8, 4) is 0 Å². The van der Waals surface area contributed by atoms with Gasteiger partial charge in [0.2, 0.25) is 0 Å². The molecule has 8 heteroatoms. The second kappa shape index (κ2) is 4.71. The molecule has 2 atom stereocenters. The smallest absolute Gasteiger partial charge is 0.326 e. The van der Waals surface area contributed by atoms with Crippen molar-refractivity contribution in [2.45, 2.75) is 24.7 Å². The van der Waals surface area contributed by atoms with Crippen LogP contribution in [-0.4, -0.2) is 44.8 Å². The summed E-state index contributed by atoms with van der Waals surface area (Å²) in [5.41, 5.74) is 6.42. The zero-order valence-electron chi connectivity index (χ0n) is 10.6. The van der Waals surface area contributed by atoms with Crippen LogP contribution in [0.3, 0.4) is 0 Å². The molecular formula is C12H14F3N5. The van der Waals surface area contributed by atoms with E-state index in [0.29, 0.717) is 18.6 Å². The minimum Gasteiger partial charge on any atom is -0.326 e. The summed E-state index contributed by atoms with van der Waals surface area (Å²) in [4.78, 5) is 1.39. The molecule has 0 aromatic carbocycles. The number of fused-ring (bicyclic) bond motifs is 1. The SMILES string of the molecule is N[C@H]1CCN([C@H](c2ccc3nncn3c2)C(F)(F)F)C1. The van der Waals surface area contributed by atoms with E-state index in [1.807, 2.05) is 0 Å². The summed E-state index contributed by atoms with van der Waals surface area (Å²) >= 11 is 0. The summed E-state index contributed by atoms with van der Waals surface area (Å²) in [5, 5.41) is 7.46. The molecule has 0 unspecified atom stereocenters. The van der Waals surface area contributed by atoms with E-state index < -0.39 is 12.2 Å². The molecule has 3 rings (SSSR count). The second-order valence-corrected chi connectivity index (χ2v) is 5.05. The van der Waals surface area contributed by atoms with Crippen LogP contribution in [0.5, 0.6) is 0 Å². The number of aromatic nitrogens is 3. The van der Waals surface area contributed by atoms with E-state index in [2.05, 4.69) is 10.2 Å². The van der Waals surface area contributed by atoms with E-state index in [9.17, 15) is 13.2 Å². The van der Waals surface area contributed by atoms with Gasteiger partial charge in [0.15, 0.2) is 5.65 Å². The minimum absolute atomic E-state index is 0.180. The maximum atomic E-state index is 13.4. The largest absolute Gasteiger partial charge is 0.408 e. The quantitative estimate of drug-likeness (QED) is 0.905. The summed E-state index contributed by atoms with van der Waals surface area (Å²) in [6.07, 6.45) is -0.938. The fraction of sp³-hybridized carbons (Fsp3) is 0.500. The Balaban J connectivity index is 1.99. The highest BCUT2D eigenvalue weighted by Gasteiger charge is 2.46. The third-order valence-electron chi connectivity index (χ3n) is 3.56. The first-order valence-corrected chi connectivity index (χ1v) is 6.31. The van der Waals surface area contributed by atoms with E-state index in [-0.39, 0.29) is 18.2 Å². The molecule has 0 amide bonds. The number of alkyl halides is 3. The first kappa shape index (κ1) is 13.3. The Morgan fingerprint density at radius 2 is 2.15 bits per heavy atom. The van der Waals surface area contributed by atoms with E-state index >= 15 is 0 Å². The van der Waals surface area contributed by atoms with Gasteiger partial charge in [0.25, 0.3) is 0 Å². The van der Waals surface area contributed by atoms with Crippen molar-refractivity contribution in [2.75, 3.05) is 13.1 Å². The van der Waals surface area contributed by atoms with Crippen LogP contribution >= 0.6 is 0 Å². The number of pyridine rings is 1. The lowest BCUT2D eigenvalue weighted by Crippen LogP contribution is -2.38. The first-order chi connectivity index (χ1) is 9.45. The molecule has 20 heavy (non-hydrogen) atoms. The summed E-state index contributed by atoms with van der Waals surface area (Å²) in [6.45, 7) is 0.607. The van der Waals surface area contributed by atoms with Gasteiger partial charge in [0.1, 0.15) is 12.4 Å². The van der Waals surface area contributed by atoms with Crippen molar-refractivity contribution in [3.05, 3.63) is 30.2 Å². The van der Waals surface area contributed by atoms with Crippen LogP contribution in [0.2, 0.25) is 0 Å². The Labute approximate surface area is 113 Å². The van der Waals surface area contributed by atoms with Gasteiger partial charge in [0, 0.05) is 25.3 Å².